The van der Waals surface area contributed by atoms with Crippen molar-refractivity contribution in [2.45, 2.75) is 13.0 Å². The monoisotopic (exact) mass is 248 g/mol. The van der Waals surface area contributed by atoms with E-state index in [2.05, 4.69) is 16.4 Å². The van der Waals surface area contributed by atoms with Crippen LogP contribution in [0.25, 0.3) is 0 Å². The maximum Gasteiger partial charge on any atom is 0.123 e. The molecule has 1 N–H and O–H groups in total. The van der Waals surface area contributed by atoms with E-state index in [-0.39, 0.29) is 0 Å². The van der Waals surface area contributed by atoms with E-state index in [1.165, 1.54) is 10.6 Å². The van der Waals surface area contributed by atoms with Gasteiger partial charge in [-0.2, -0.15) is 0 Å². The molecule has 0 aliphatic heterocycles. The van der Waals surface area contributed by atoms with Gasteiger partial charge in [-0.05, 0) is 6.07 Å². The van der Waals surface area contributed by atoms with Gasteiger partial charge in [-0.15, -0.1) is 11.3 Å². The average Bonchev–Trinajstić information content (AvgIpc) is 2.88. The van der Waals surface area contributed by atoms with Crippen LogP contribution in [0, 0.1) is 0 Å². The lowest BCUT2D eigenvalue weighted by Gasteiger charge is -2.08. The van der Waals surface area contributed by atoms with Gasteiger partial charge in [-0.25, -0.2) is 4.98 Å². The molecule has 0 radical (unpaired) electrons. The predicted octanol–water partition coefficient (Wildman–Crippen LogP) is 2.48. The number of nitrogens with one attached hydrogen (secondary N) is 1. The molecule has 0 atom stereocenters. The molecule has 0 saturated carbocycles. The van der Waals surface area contributed by atoms with Crippen LogP contribution in [0.15, 0.2) is 35.8 Å². The summed E-state index contributed by atoms with van der Waals surface area (Å²) in [5, 5.41) is 6.59. The van der Waals surface area contributed by atoms with Gasteiger partial charge < -0.3 is 10.1 Å². The fraction of sp³-hybridized carbons (Fsp3) is 0.308. The van der Waals surface area contributed by atoms with Gasteiger partial charge in [0, 0.05) is 36.7 Å². The number of benzene rings is 1. The number of ether oxygens (including phenoxy) is 1. The molecule has 3 nitrogen and oxygen atoms in total. The molecule has 1 aromatic carbocycles. The Balaban J connectivity index is 1.78. The Morgan fingerprint density at radius 3 is 3.00 bits per heavy atom. The number of para-hydroxylation sites is 1. The highest BCUT2D eigenvalue weighted by atomic mass is 32.1. The van der Waals surface area contributed by atoms with Gasteiger partial charge in [0.2, 0.25) is 0 Å². The molecule has 90 valence electrons. The Morgan fingerprint density at radius 2 is 2.24 bits per heavy atom. The maximum absolute atomic E-state index is 5.30. The molecular weight excluding hydrogens is 232 g/mol. The molecule has 2 rings (SSSR count). The van der Waals surface area contributed by atoms with Crippen LogP contribution >= 0.6 is 11.3 Å². The molecule has 0 amide bonds. The number of rotatable bonds is 6. The molecule has 0 unspecified atom stereocenters. The minimum Gasteiger partial charge on any atom is -0.496 e. The Morgan fingerprint density at radius 1 is 1.35 bits per heavy atom. The van der Waals surface area contributed by atoms with Gasteiger partial charge in [0.15, 0.2) is 0 Å². The molecule has 0 spiro atoms. The first-order valence-electron chi connectivity index (χ1n) is 5.61. The summed E-state index contributed by atoms with van der Waals surface area (Å²) >= 11 is 1.70. The van der Waals surface area contributed by atoms with Crippen LogP contribution < -0.4 is 10.1 Å². The van der Waals surface area contributed by atoms with Crippen LogP contribution in [0.4, 0.5) is 0 Å². The Labute approximate surface area is 105 Å². The summed E-state index contributed by atoms with van der Waals surface area (Å²) in [7, 11) is 1.70. The van der Waals surface area contributed by atoms with Crippen molar-refractivity contribution in [2.75, 3.05) is 13.7 Å². The molecule has 4 heteroatoms. The van der Waals surface area contributed by atoms with Crippen LogP contribution in [0.3, 0.4) is 0 Å². The summed E-state index contributed by atoms with van der Waals surface area (Å²) in [5.74, 6) is 0.939. The molecule has 1 aromatic heterocycles. The van der Waals surface area contributed by atoms with Gasteiger partial charge in [-0.3, -0.25) is 0 Å². The Hall–Kier alpha value is -1.39. The van der Waals surface area contributed by atoms with Gasteiger partial charge >= 0.3 is 0 Å². The summed E-state index contributed by atoms with van der Waals surface area (Å²) in [5.41, 5.74) is 1.19. The topological polar surface area (TPSA) is 34.1 Å². The van der Waals surface area contributed by atoms with Crippen molar-refractivity contribution in [1.29, 1.82) is 0 Å². The minimum absolute atomic E-state index is 0.829. The zero-order valence-electron chi connectivity index (χ0n) is 9.85. The third-order valence-corrected chi connectivity index (χ3v) is 3.35. The van der Waals surface area contributed by atoms with E-state index in [0.717, 1.165) is 25.3 Å². The Bertz CT molecular complexity index is 442. The van der Waals surface area contributed by atoms with Crippen molar-refractivity contribution in [3.05, 3.63) is 46.4 Å². The molecule has 0 aliphatic rings. The van der Waals surface area contributed by atoms with Crippen LogP contribution in [-0.2, 0) is 13.0 Å². The highest BCUT2D eigenvalue weighted by molar-refractivity contribution is 7.09. The van der Waals surface area contributed by atoms with Crippen LogP contribution in [0.1, 0.15) is 10.6 Å². The molecule has 17 heavy (non-hydrogen) atoms. The number of methoxy groups -OCH3 is 1. The first-order chi connectivity index (χ1) is 8.40. The second-order valence-corrected chi connectivity index (χ2v) is 4.64. The molecule has 0 bridgehead atoms. The highest BCUT2D eigenvalue weighted by Crippen LogP contribution is 2.16. The molecule has 1 heterocycles. The summed E-state index contributed by atoms with van der Waals surface area (Å²) in [6.45, 7) is 1.76. The van der Waals surface area contributed by atoms with E-state index in [0.29, 0.717) is 0 Å². The quantitative estimate of drug-likeness (QED) is 0.797. The van der Waals surface area contributed by atoms with E-state index in [4.69, 9.17) is 4.74 Å². The van der Waals surface area contributed by atoms with Crippen LogP contribution in [-0.4, -0.2) is 18.6 Å². The van der Waals surface area contributed by atoms with Crippen LogP contribution in [0.5, 0.6) is 5.75 Å². The van der Waals surface area contributed by atoms with Gasteiger partial charge in [0.1, 0.15) is 5.75 Å². The summed E-state index contributed by atoms with van der Waals surface area (Å²) in [6.07, 6.45) is 2.83. The number of hydrogen-bond donors (Lipinski definition) is 1. The van der Waals surface area contributed by atoms with Gasteiger partial charge in [-0.1, -0.05) is 18.2 Å². The standard InChI is InChI=1S/C13H16N2OS/c1-16-12-5-3-2-4-11(12)10-14-7-6-13-15-8-9-17-13/h2-5,8-9,14H,6-7,10H2,1H3. The van der Waals surface area contributed by atoms with Crippen molar-refractivity contribution in [3.8, 4) is 5.75 Å². The highest BCUT2D eigenvalue weighted by Gasteiger charge is 2.01. The summed E-state index contributed by atoms with van der Waals surface area (Å²) in [4.78, 5) is 4.25. The molecule has 0 aliphatic carbocycles. The number of nitrogens with zero attached hydrogens (tertiary/aromatic N) is 1. The summed E-state index contributed by atoms with van der Waals surface area (Å²) in [6, 6.07) is 8.07. The molecule has 2 aromatic rings. The van der Waals surface area contributed by atoms with Crippen molar-refractivity contribution >= 4 is 11.3 Å². The minimum atomic E-state index is 0.829. The van der Waals surface area contributed by atoms with Crippen LogP contribution in [0.2, 0.25) is 0 Å². The number of hydrogen-bond acceptors (Lipinski definition) is 4. The van der Waals surface area contributed by atoms with Crippen molar-refractivity contribution in [3.63, 3.8) is 0 Å². The fourth-order valence-electron chi connectivity index (χ4n) is 1.64. The van der Waals surface area contributed by atoms with Crippen molar-refractivity contribution in [1.82, 2.24) is 10.3 Å². The maximum atomic E-state index is 5.30. The second kappa shape index (κ2) is 6.37. The smallest absolute Gasteiger partial charge is 0.123 e. The average molecular weight is 248 g/mol. The second-order valence-electron chi connectivity index (χ2n) is 3.66. The van der Waals surface area contributed by atoms with E-state index < -0.39 is 0 Å². The van der Waals surface area contributed by atoms with E-state index >= 15 is 0 Å². The lowest BCUT2D eigenvalue weighted by molar-refractivity contribution is 0.408. The number of thiazole rings is 1. The summed E-state index contributed by atoms with van der Waals surface area (Å²) < 4.78 is 5.30. The SMILES string of the molecule is COc1ccccc1CNCCc1nccs1. The molecular formula is C13H16N2OS. The van der Waals surface area contributed by atoms with Crippen molar-refractivity contribution in [2.24, 2.45) is 0 Å². The lowest BCUT2D eigenvalue weighted by atomic mass is 10.2. The van der Waals surface area contributed by atoms with E-state index in [9.17, 15) is 0 Å². The number of aromatic nitrogens is 1. The lowest BCUT2D eigenvalue weighted by Crippen LogP contribution is -2.17. The van der Waals surface area contributed by atoms with E-state index in [1.54, 1.807) is 18.4 Å². The third kappa shape index (κ3) is 3.54. The fourth-order valence-corrected chi connectivity index (χ4v) is 2.26. The van der Waals surface area contributed by atoms with E-state index in [1.807, 2.05) is 29.8 Å². The van der Waals surface area contributed by atoms with Crippen molar-refractivity contribution < 1.29 is 4.74 Å². The Kier molecular flexibility index (Phi) is 4.53. The molecule has 0 saturated heterocycles. The normalized spacial score (nSPS) is 10.4. The van der Waals surface area contributed by atoms with Gasteiger partial charge in [0.05, 0.1) is 12.1 Å². The zero-order valence-corrected chi connectivity index (χ0v) is 10.7. The first-order valence-corrected chi connectivity index (χ1v) is 6.49. The largest absolute Gasteiger partial charge is 0.496 e. The van der Waals surface area contributed by atoms with Gasteiger partial charge in [0.25, 0.3) is 0 Å². The zero-order chi connectivity index (χ0) is 11.9. The molecule has 0 fully saturated rings. The third-order valence-electron chi connectivity index (χ3n) is 2.51. The predicted molar refractivity (Wildman–Crippen MR) is 70.5 cm³/mol. The first kappa shape index (κ1) is 12.1.